The van der Waals surface area contributed by atoms with Crippen LogP contribution in [0.2, 0.25) is 0 Å². The molecule has 1 aliphatic rings. The van der Waals surface area contributed by atoms with Gasteiger partial charge in [-0.05, 0) is 42.8 Å². The molecular formula is C15H14N4O. The number of nitrogens with one attached hydrogen (secondary N) is 1. The third kappa shape index (κ3) is 2.66. The highest BCUT2D eigenvalue weighted by molar-refractivity contribution is 5.97. The standard InChI is InChI=1S/C15H14N4O/c20-15-2-1-9-17-19(15)14-5-3-12(4-6-14)18-13-7-10-16-11-8-13/h3-11H,1-2H2,(H,16,18). The van der Waals surface area contributed by atoms with Crippen LogP contribution in [0, 0.1) is 0 Å². The van der Waals surface area contributed by atoms with Crippen LogP contribution in [0.5, 0.6) is 0 Å². The highest BCUT2D eigenvalue weighted by atomic mass is 16.2. The first kappa shape index (κ1) is 12.3. The molecule has 0 spiro atoms. The second-order valence-corrected chi connectivity index (χ2v) is 4.45. The quantitative estimate of drug-likeness (QED) is 0.929. The van der Waals surface area contributed by atoms with E-state index in [9.17, 15) is 4.79 Å². The number of anilines is 3. The van der Waals surface area contributed by atoms with Crippen molar-refractivity contribution in [2.75, 3.05) is 10.3 Å². The predicted molar refractivity (Wildman–Crippen MR) is 79.2 cm³/mol. The van der Waals surface area contributed by atoms with Gasteiger partial charge in [0.2, 0.25) is 5.91 Å². The SMILES string of the molecule is O=C1CCC=NN1c1ccc(Nc2ccncc2)cc1. The van der Waals surface area contributed by atoms with Crippen LogP contribution < -0.4 is 10.3 Å². The Balaban J connectivity index is 1.76. The summed E-state index contributed by atoms with van der Waals surface area (Å²) in [5.41, 5.74) is 2.71. The molecule has 1 aromatic heterocycles. The van der Waals surface area contributed by atoms with Crippen LogP contribution in [0.4, 0.5) is 17.1 Å². The number of carbonyl (C=O) groups is 1. The van der Waals surface area contributed by atoms with Gasteiger partial charge in [0.1, 0.15) is 0 Å². The van der Waals surface area contributed by atoms with Crippen LogP contribution in [0.25, 0.3) is 0 Å². The molecule has 0 saturated carbocycles. The van der Waals surface area contributed by atoms with E-state index >= 15 is 0 Å². The molecule has 2 aromatic rings. The molecule has 100 valence electrons. The summed E-state index contributed by atoms with van der Waals surface area (Å²) in [6.45, 7) is 0. The Labute approximate surface area is 116 Å². The van der Waals surface area contributed by atoms with Gasteiger partial charge in [0, 0.05) is 36.4 Å². The van der Waals surface area contributed by atoms with Crippen LogP contribution in [0.1, 0.15) is 12.8 Å². The second-order valence-electron chi connectivity index (χ2n) is 4.45. The minimum absolute atomic E-state index is 0.0299. The van der Waals surface area contributed by atoms with Crippen molar-refractivity contribution in [2.24, 2.45) is 5.10 Å². The zero-order valence-corrected chi connectivity index (χ0v) is 10.9. The summed E-state index contributed by atoms with van der Waals surface area (Å²) in [6.07, 6.45) is 6.47. The van der Waals surface area contributed by atoms with Gasteiger partial charge in [0.25, 0.3) is 0 Å². The van der Waals surface area contributed by atoms with Crippen molar-refractivity contribution in [3.63, 3.8) is 0 Å². The predicted octanol–water partition coefficient (Wildman–Crippen LogP) is 2.94. The van der Waals surface area contributed by atoms with E-state index in [2.05, 4.69) is 15.4 Å². The van der Waals surface area contributed by atoms with Gasteiger partial charge in [-0.15, -0.1) is 0 Å². The topological polar surface area (TPSA) is 57.6 Å². The number of amides is 1. The molecule has 0 bridgehead atoms. The Morgan fingerprint density at radius 1 is 1.00 bits per heavy atom. The summed E-state index contributed by atoms with van der Waals surface area (Å²) in [5, 5.41) is 8.83. The molecule has 1 amide bonds. The fourth-order valence-corrected chi connectivity index (χ4v) is 2.00. The van der Waals surface area contributed by atoms with Gasteiger partial charge < -0.3 is 5.32 Å². The van der Waals surface area contributed by atoms with Crippen molar-refractivity contribution in [1.82, 2.24) is 4.98 Å². The van der Waals surface area contributed by atoms with Gasteiger partial charge in [-0.3, -0.25) is 9.78 Å². The molecule has 2 heterocycles. The molecule has 0 unspecified atom stereocenters. The van der Waals surface area contributed by atoms with Crippen molar-refractivity contribution >= 4 is 29.2 Å². The fraction of sp³-hybridized carbons (Fsp3) is 0.133. The number of pyridine rings is 1. The monoisotopic (exact) mass is 266 g/mol. The number of benzene rings is 1. The summed E-state index contributed by atoms with van der Waals surface area (Å²) >= 11 is 0. The molecule has 5 nitrogen and oxygen atoms in total. The van der Waals surface area contributed by atoms with Gasteiger partial charge in [0.15, 0.2) is 0 Å². The average Bonchev–Trinajstić information content (AvgIpc) is 2.50. The first-order chi connectivity index (χ1) is 9.83. The van der Waals surface area contributed by atoms with Gasteiger partial charge >= 0.3 is 0 Å². The molecular weight excluding hydrogens is 252 g/mol. The largest absolute Gasteiger partial charge is 0.355 e. The molecule has 0 fully saturated rings. The Kier molecular flexibility index (Phi) is 3.41. The number of nitrogens with zero attached hydrogens (tertiary/aromatic N) is 3. The number of hydrogen-bond acceptors (Lipinski definition) is 4. The summed E-state index contributed by atoms with van der Waals surface area (Å²) in [5.74, 6) is 0.0299. The normalized spacial score (nSPS) is 14.4. The van der Waals surface area contributed by atoms with Crippen molar-refractivity contribution in [3.05, 3.63) is 48.8 Å². The van der Waals surface area contributed by atoms with Gasteiger partial charge in [-0.2, -0.15) is 5.10 Å². The van der Waals surface area contributed by atoms with E-state index in [4.69, 9.17) is 0 Å². The van der Waals surface area contributed by atoms with E-state index in [1.54, 1.807) is 18.6 Å². The highest BCUT2D eigenvalue weighted by Crippen LogP contribution is 2.22. The third-order valence-electron chi connectivity index (χ3n) is 3.00. The number of hydrazone groups is 1. The maximum Gasteiger partial charge on any atom is 0.247 e. The summed E-state index contributed by atoms with van der Waals surface area (Å²) < 4.78 is 0. The minimum Gasteiger partial charge on any atom is -0.355 e. The first-order valence-electron chi connectivity index (χ1n) is 6.45. The molecule has 0 saturated heterocycles. The second kappa shape index (κ2) is 5.52. The van der Waals surface area contributed by atoms with Crippen LogP contribution in [-0.2, 0) is 4.79 Å². The van der Waals surface area contributed by atoms with Crippen molar-refractivity contribution in [3.8, 4) is 0 Å². The Morgan fingerprint density at radius 2 is 1.70 bits per heavy atom. The molecule has 0 atom stereocenters. The van der Waals surface area contributed by atoms with Crippen LogP contribution in [0.15, 0.2) is 53.9 Å². The minimum atomic E-state index is 0.0299. The van der Waals surface area contributed by atoms with E-state index < -0.39 is 0 Å². The lowest BCUT2D eigenvalue weighted by molar-refractivity contribution is -0.118. The maximum atomic E-state index is 11.8. The van der Waals surface area contributed by atoms with Gasteiger partial charge in [-0.25, -0.2) is 5.01 Å². The van der Waals surface area contributed by atoms with Crippen LogP contribution in [-0.4, -0.2) is 17.1 Å². The summed E-state index contributed by atoms with van der Waals surface area (Å²) in [6, 6.07) is 11.4. The maximum absolute atomic E-state index is 11.8. The molecule has 1 aliphatic heterocycles. The average molecular weight is 266 g/mol. The molecule has 20 heavy (non-hydrogen) atoms. The van der Waals surface area contributed by atoms with Crippen molar-refractivity contribution in [1.29, 1.82) is 0 Å². The van der Waals surface area contributed by atoms with Crippen LogP contribution >= 0.6 is 0 Å². The number of hydrogen-bond donors (Lipinski definition) is 1. The van der Waals surface area contributed by atoms with E-state index in [0.29, 0.717) is 6.42 Å². The first-order valence-corrected chi connectivity index (χ1v) is 6.45. The third-order valence-corrected chi connectivity index (χ3v) is 3.00. The van der Waals surface area contributed by atoms with Crippen molar-refractivity contribution in [2.45, 2.75) is 12.8 Å². The van der Waals surface area contributed by atoms with E-state index in [1.165, 1.54) is 5.01 Å². The molecule has 1 N–H and O–H groups in total. The highest BCUT2D eigenvalue weighted by Gasteiger charge is 2.16. The van der Waals surface area contributed by atoms with Crippen molar-refractivity contribution < 1.29 is 4.79 Å². The summed E-state index contributed by atoms with van der Waals surface area (Å²) in [4.78, 5) is 15.7. The lowest BCUT2D eigenvalue weighted by atomic mass is 10.2. The number of rotatable bonds is 3. The summed E-state index contributed by atoms with van der Waals surface area (Å²) in [7, 11) is 0. The zero-order chi connectivity index (χ0) is 13.8. The lowest BCUT2D eigenvalue weighted by Crippen LogP contribution is -2.28. The van der Waals surface area contributed by atoms with E-state index in [1.807, 2.05) is 36.4 Å². The van der Waals surface area contributed by atoms with Gasteiger partial charge in [-0.1, -0.05) is 0 Å². The Bertz CT molecular complexity index is 622. The van der Waals surface area contributed by atoms with Crippen LogP contribution in [0.3, 0.4) is 0 Å². The molecule has 1 aromatic carbocycles. The fourth-order valence-electron chi connectivity index (χ4n) is 2.00. The number of carbonyl (C=O) groups excluding carboxylic acids is 1. The van der Waals surface area contributed by atoms with E-state index in [-0.39, 0.29) is 5.91 Å². The molecule has 3 rings (SSSR count). The Hall–Kier alpha value is -2.69. The van der Waals surface area contributed by atoms with E-state index in [0.717, 1.165) is 23.5 Å². The Morgan fingerprint density at radius 3 is 2.40 bits per heavy atom. The smallest absolute Gasteiger partial charge is 0.247 e. The lowest BCUT2D eigenvalue weighted by Gasteiger charge is -2.20. The zero-order valence-electron chi connectivity index (χ0n) is 10.9. The molecule has 5 heteroatoms. The number of aromatic nitrogens is 1. The van der Waals surface area contributed by atoms with Gasteiger partial charge in [0.05, 0.1) is 5.69 Å². The molecule has 0 aliphatic carbocycles. The molecule has 0 radical (unpaired) electrons.